The van der Waals surface area contributed by atoms with Gasteiger partial charge in [-0.15, -0.1) is 0 Å². The van der Waals surface area contributed by atoms with Gasteiger partial charge >= 0.3 is 0 Å². The molecule has 0 spiro atoms. The number of likely N-dealkylation sites (N-methyl/N-ethyl adjacent to an activating group) is 1. The zero-order valence-electron chi connectivity index (χ0n) is 10.2. The van der Waals surface area contributed by atoms with E-state index in [1.807, 2.05) is 18.8 Å². The maximum atomic E-state index is 4.29. The van der Waals surface area contributed by atoms with E-state index in [2.05, 4.69) is 20.3 Å². The van der Waals surface area contributed by atoms with Crippen LogP contribution in [0.5, 0.6) is 0 Å². The molecule has 5 nitrogen and oxygen atoms in total. The van der Waals surface area contributed by atoms with Gasteiger partial charge in [-0.1, -0.05) is 6.42 Å². The fourth-order valence-corrected chi connectivity index (χ4v) is 2.38. The van der Waals surface area contributed by atoms with Crippen LogP contribution in [0.2, 0.25) is 0 Å². The highest BCUT2D eigenvalue weighted by molar-refractivity contribution is 4.87. The quantitative estimate of drug-likeness (QED) is 0.802. The molecule has 0 bridgehead atoms. The first-order chi connectivity index (χ1) is 7.81. The van der Waals surface area contributed by atoms with E-state index in [9.17, 15) is 0 Å². The van der Waals surface area contributed by atoms with Gasteiger partial charge in [0.2, 0.25) is 0 Å². The van der Waals surface area contributed by atoms with E-state index in [1.54, 1.807) is 6.33 Å². The Bertz CT molecular complexity index is 320. The van der Waals surface area contributed by atoms with Crippen molar-refractivity contribution in [3.63, 3.8) is 0 Å². The van der Waals surface area contributed by atoms with Crippen LogP contribution in [0.15, 0.2) is 6.33 Å². The summed E-state index contributed by atoms with van der Waals surface area (Å²) in [6.45, 7) is 3.17. The highest BCUT2D eigenvalue weighted by Gasteiger charge is 2.22. The van der Waals surface area contributed by atoms with Crippen molar-refractivity contribution in [2.75, 3.05) is 20.1 Å². The van der Waals surface area contributed by atoms with E-state index in [0.717, 1.165) is 18.9 Å². The van der Waals surface area contributed by atoms with Gasteiger partial charge in [0.05, 0.1) is 6.54 Å². The summed E-state index contributed by atoms with van der Waals surface area (Å²) < 4.78 is 1.87. The molecule has 1 aliphatic rings. The first-order valence-electron chi connectivity index (χ1n) is 6.03. The monoisotopic (exact) mass is 223 g/mol. The Hall–Kier alpha value is -0.940. The predicted octanol–water partition coefficient (Wildman–Crippen LogP) is 0.389. The van der Waals surface area contributed by atoms with Gasteiger partial charge < -0.3 is 5.32 Å². The van der Waals surface area contributed by atoms with Crippen LogP contribution in [-0.2, 0) is 13.6 Å². The second-order valence-electron chi connectivity index (χ2n) is 4.48. The number of aromatic nitrogens is 3. The van der Waals surface area contributed by atoms with E-state index < -0.39 is 0 Å². The van der Waals surface area contributed by atoms with Gasteiger partial charge in [0.25, 0.3) is 0 Å². The third-order valence-corrected chi connectivity index (χ3v) is 3.34. The normalized spacial score (nSPS) is 22.5. The van der Waals surface area contributed by atoms with Gasteiger partial charge in [-0.05, 0) is 26.4 Å². The molecule has 0 aromatic carbocycles. The van der Waals surface area contributed by atoms with Crippen LogP contribution in [0.1, 0.15) is 25.1 Å². The first-order valence-corrected chi connectivity index (χ1v) is 6.03. The molecular weight excluding hydrogens is 202 g/mol. The lowest BCUT2D eigenvalue weighted by Crippen LogP contribution is -2.44. The maximum absolute atomic E-state index is 4.29. The van der Waals surface area contributed by atoms with Crippen LogP contribution in [0.25, 0.3) is 0 Å². The van der Waals surface area contributed by atoms with Crippen molar-refractivity contribution in [3.05, 3.63) is 12.2 Å². The van der Waals surface area contributed by atoms with Gasteiger partial charge in [0.1, 0.15) is 12.2 Å². The summed E-state index contributed by atoms with van der Waals surface area (Å²) in [6.07, 6.45) is 5.57. The van der Waals surface area contributed by atoms with Crippen molar-refractivity contribution in [3.8, 4) is 0 Å². The molecule has 90 valence electrons. The van der Waals surface area contributed by atoms with Crippen molar-refractivity contribution < 1.29 is 0 Å². The van der Waals surface area contributed by atoms with Crippen molar-refractivity contribution in [2.24, 2.45) is 7.05 Å². The number of aryl methyl sites for hydroxylation is 1. The lowest BCUT2D eigenvalue weighted by molar-refractivity contribution is 0.134. The predicted molar refractivity (Wildman–Crippen MR) is 63.0 cm³/mol. The third-order valence-electron chi connectivity index (χ3n) is 3.34. The molecule has 2 heterocycles. The highest BCUT2D eigenvalue weighted by atomic mass is 15.3. The van der Waals surface area contributed by atoms with Gasteiger partial charge in [-0.3, -0.25) is 9.58 Å². The van der Waals surface area contributed by atoms with Crippen LogP contribution < -0.4 is 5.32 Å². The number of nitrogens with zero attached hydrogens (tertiary/aromatic N) is 4. The molecule has 1 aromatic rings. The Kier molecular flexibility index (Phi) is 3.90. The largest absolute Gasteiger partial charge is 0.318 e. The number of hydrogen-bond donors (Lipinski definition) is 1. The van der Waals surface area contributed by atoms with Gasteiger partial charge in [-0.25, -0.2) is 4.98 Å². The van der Waals surface area contributed by atoms with Crippen LogP contribution in [0.3, 0.4) is 0 Å². The molecule has 16 heavy (non-hydrogen) atoms. The molecular formula is C11H21N5. The standard InChI is InChI=1S/C11H21N5/c1-12-7-10-5-3-4-6-16(10)8-11-13-9-14-15(11)2/h9-10,12H,3-8H2,1-2H3. The van der Waals surface area contributed by atoms with E-state index in [4.69, 9.17) is 0 Å². The topological polar surface area (TPSA) is 46.0 Å². The molecule has 1 atom stereocenters. The van der Waals surface area contributed by atoms with Gasteiger partial charge in [-0.2, -0.15) is 5.10 Å². The Labute approximate surface area is 96.8 Å². The van der Waals surface area contributed by atoms with Gasteiger partial charge in [0, 0.05) is 19.6 Å². The Morgan fingerprint density at radius 2 is 2.38 bits per heavy atom. The summed E-state index contributed by atoms with van der Waals surface area (Å²) in [7, 11) is 3.98. The van der Waals surface area contributed by atoms with Crippen LogP contribution in [-0.4, -0.2) is 45.8 Å². The molecule has 0 aliphatic carbocycles. The van der Waals surface area contributed by atoms with E-state index in [0.29, 0.717) is 6.04 Å². The Morgan fingerprint density at radius 3 is 3.06 bits per heavy atom. The molecule has 0 amide bonds. The average molecular weight is 223 g/mol. The van der Waals surface area contributed by atoms with Crippen molar-refractivity contribution in [1.82, 2.24) is 25.0 Å². The smallest absolute Gasteiger partial charge is 0.140 e. The first kappa shape index (κ1) is 11.5. The molecule has 2 rings (SSSR count). The summed E-state index contributed by atoms with van der Waals surface area (Å²) in [6, 6.07) is 0.649. The number of nitrogens with one attached hydrogen (secondary N) is 1. The van der Waals surface area contributed by atoms with E-state index >= 15 is 0 Å². The van der Waals surface area contributed by atoms with Crippen LogP contribution >= 0.6 is 0 Å². The summed E-state index contributed by atoms with van der Waals surface area (Å²) in [5.41, 5.74) is 0. The van der Waals surface area contributed by atoms with Crippen molar-refractivity contribution in [1.29, 1.82) is 0 Å². The minimum Gasteiger partial charge on any atom is -0.318 e. The molecule has 1 fully saturated rings. The molecule has 0 saturated carbocycles. The fourth-order valence-electron chi connectivity index (χ4n) is 2.38. The third kappa shape index (κ3) is 2.59. The second-order valence-corrected chi connectivity index (χ2v) is 4.48. The lowest BCUT2D eigenvalue weighted by Gasteiger charge is -2.35. The number of piperidine rings is 1. The van der Waals surface area contributed by atoms with E-state index in [1.165, 1.54) is 25.8 Å². The summed E-state index contributed by atoms with van der Waals surface area (Å²) in [5.74, 6) is 1.06. The molecule has 5 heteroatoms. The maximum Gasteiger partial charge on any atom is 0.140 e. The second kappa shape index (κ2) is 5.41. The Morgan fingerprint density at radius 1 is 1.50 bits per heavy atom. The SMILES string of the molecule is CNCC1CCCCN1Cc1ncnn1C. The molecule has 1 unspecified atom stereocenters. The minimum atomic E-state index is 0.649. The zero-order valence-corrected chi connectivity index (χ0v) is 10.2. The van der Waals surface area contributed by atoms with E-state index in [-0.39, 0.29) is 0 Å². The number of likely N-dealkylation sites (tertiary alicyclic amines) is 1. The molecule has 1 aromatic heterocycles. The van der Waals surface area contributed by atoms with Gasteiger partial charge in [0.15, 0.2) is 0 Å². The van der Waals surface area contributed by atoms with Crippen molar-refractivity contribution >= 4 is 0 Å². The van der Waals surface area contributed by atoms with Crippen LogP contribution in [0, 0.1) is 0 Å². The average Bonchev–Trinajstić information content (AvgIpc) is 2.68. The molecule has 0 radical (unpaired) electrons. The summed E-state index contributed by atoms with van der Waals surface area (Å²) in [5, 5.41) is 7.39. The minimum absolute atomic E-state index is 0.649. The number of rotatable bonds is 4. The highest BCUT2D eigenvalue weighted by Crippen LogP contribution is 2.18. The lowest BCUT2D eigenvalue weighted by atomic mass is 10.0. The summed E-state index contributed by atoms with van der Waals surface area (Å²) >= 11 is 0. The van der Waals surface area contributed by atoms with Crippen LogP contribution in [0.4, 0.5) is 0 Å². The zero-order chi connectivity index (χ0) is 11.4. The Balaban J connectivity index is 1.98. The molecule has 1 saturated heterocycles. The molecule has 1 aliphatic heterocycles. The number of hydrogen-bond acceptors (Lipinski definition) is 4. The summed E-state index contributed by atoms with van der Waals surface area (Å²) in [4.78, 5) is 6.81. The fraction of sp³-hybridized carbons (Fsp3) is 0.818. The van der Waals surface area contributed by atoms with Crippen molar-refractivity contribution in [2.45, 2.75) is 31.8 Å². The molecule has 1 N–H and O–H groups in total.